The average Bonchev–Trinajstić information content (AvgIpc) is 2.97. The molecular weight excluding hydrogens is 364 g/mol. The largest absolute Gasteiger partial charge is 0.458 e. The van der Waals surface area contributed by atoms with Crippen molar-refractivity contribution in [3.63, 3.8) is 0 Å². The van der Waals surface area contributed by atoms with E-state index in [1.807, 2.05) is 0 Å². The Morgan fingerprint density at radius 1 is 1.14 bits per heavy atom. The highest BCUT2D eigenvalue weighted by atomic mass is 16.5. The van der Waals surface area contributed by atoms with Crippen molar-refractivity contribution in [3.8, 4) is 0 Å². The summed E-state index contributed by atoms with van der Waals surface area (Å²) in [6.45, 7) is 5.76. The lowest BCUT2D eigenvalue weighted by atomic mass is 9.98. The predicted octanol–water partition coefficient (Wildman–Crippen LogP) is 2.14. The summed E-state index contributed by atoms with van der Waals surface area (Å²) in [7, 11) is 0. The van der Waals surface area contributed by atoms with Gasteiger partial charge in [-0.3, -0.25) is 23.7 Å². The Hall–Kier alpha value is -3.03. The summed E-state index contributed by atoms with van der Waals surface area (Å²) in [5.41, 5.74) is 0.587. The van der Waals surface area contributed by atoms with Crippen LogP contribution in [0.25, 0.3) is 10.9 Å². The molecule has 2 aromatic rings. The summed E-state index contributed by atoms with van der Waals surface area (Å²) in [4.78, 5) is 52.8. The van der Waals surface area contributed by atoms with Gasteiger partial charge in [-0.1, -0.05) is 0 Å². The molecule has 0 N–H and O–H groups in total. The molecule has 1 aromatic carbocycles. The van der Waals surface area contributed by atoms with Crippen LogP contribution in [0.4, 0.5) is 0 Å². The normalized spacial score (nSPS) is 13.5. The van der Waals surface area contributed by atoms with Gasteiger partial charge in [0.1, 0.15) is 6.61 Å². The Balaban J connectivity index is 2.08. The molecule has 28 heavy (non-hydrogen) atoms. The van der Waals surface area contributed by atoms with Crippen molar-refractivity contribution in [2.24, 2.45) is 5.41 Å². The second-order valence-electron chi connectivity index (χ2n) is 7.80. The number of carbonyl (C=O) groups excluding carboxylic acids is 3. The molecule has 0 amide bonds. The molecule has 0 bridgehead atoms. The third kappa shape index (κ3) is 3.81. The van der Waals surface area contributed by atoms with Gasteiger partial charge in [-0.2, -0.15) is 0 Å². The summed E-state index contributed by atoms with van der Waals surface area (Å²) < 4.78 is 11.4. The molecule has 0 unspecified atom stereocenters. The van der Waals surface area contributed by atoms with Gasteiger partial charge in [0.2, 0.25) is 0 Å². The summed E-state index contributed by atoms with van der Waals surface area (Å²) in [5.74, 6) is -0.848. The standard InChI is InChI=1S/C20H22N2O6/c1-11(23)27-9-17-21-15-7-12-5-6-16(24)13(12)8-14(15)18(25)22(17)10-28-19(26)20(2,3)4/h7-8H,5-6,9-10H2,1-4H3. The number of ketones is 1. The first-order valence-corrected chi connectivity index (χ1v) is 8.98. The number of esters is 2. The molecule has 0 radical (unpaired) electrons. The van der Waals surface area contributed by atoms with Crippen LogP contribution in [-0.2, 0) is 38.8 Å². The first-order chi connectivity index (χ1) is 13.1. The van der Waals surface area contributed by atoms with E-state index in [0.29, 0.717) is 23.9 Å². The maximum atomic E-state index is 13.0. The molecule has 1 aromatic heterocycles. The molecule has 0 fully saturated rings. The van der Waals surface area contributed by atoms with Crippen LogP contribution in [0.5, 0.6) is 0 Å². The monoisotopic (exact) mass is 386 g/mol. The van der Waals surface area contributed by atoms with Gasteiger partial charge >= 0.3 is 11.9 Å². The highest BCUT2D eigenvalue weighted by Crippen LogP contribution is 2.25. The summed E-state index contributed by atoms with van der Waals surface area (Å²) in [6, 6.07) is 3.27. The second kappa shape index (κ2) is 7.18. The second-order valence-corrected chi connectivity index (χ2v) is 7.80. The highest BCUT2D eigenvalue weighted by molar-refractivity contribution is 6.03. The molecular formula is C20H22N2O6. The Morgan fingerprint density at radius 3 is 2.50 bits per heavy atom. The topological polar surface area (TPSA) is 105 Å². The van der Waals surface area contributed by atoms with E-state index in [2.05, 4.69) is 4.98 Å². The molecule has 1 heterocycles. The number of fused-ring (bicyclic) bond motifs is 2. The van der Waals surface area contributed by atoms with E-state index >= 15 is 0 Å². The van der Waals surface area contributed by atoms with Gasteiger partial charge in [0.15, 0.2) is 18.3 Å². The van der Waals surface area contributed by atoms with Gasteiger partial charge in [0, 0.05) is 18.9 Å². The van der Waals surface area contributed by atoms with Crippen LogP contribution in [-0.4, -0.2) is 27.3 Å². The fraction of sp³-hybridized carbons (Fsp3) is 0.450. The van der Waals surface area contributed by atoms with E-state index in [4.69, 9.17) is 9.47 Å². The first-order valence-electron chi connectivity index (χ1n) is 8.98. The van der Waals surface area contributed by atoms with Crippen molar-refractivity contribution in [3.05, 3.63) is 39.4 Å². The van der Waals surface area contributed by atoms with E-state index in [9.17, 15) is 19.2 Å². The lowest BCUT2D eigenvalue weighted by molar-refractivity contribution is -0.157. The highest BCUT2D eigenvalue weighted by Gasteiger charge is 2.25. The molecule has 148 valence electrons. The number of hydrogen-bond donors (Lipinski definition) is 0. The van der Waals surface area contributed by atoms with Crippen LogP contribution in [0.15, 0.2) is 16.9 Å². The van der Waals surface area contributed by atoms with E-state index in [0.717, 1.165) is 10.1 Å². The van der Waals surface area contributed by atoms with Crippen LogP contribution in [0.1, 0.15) is 55.9 Å². The Bertz CT molecular complexity index is 1050. The first kappa shape index (κ1) is 19.7. The molecule has 0 saturated carbocycles. The zero-order chi connectivity index (χ0) is 20.6. The zero-order valence-electron chi connectivity index (χ0n) is 16.3. The number of carbonyl (C=O) groups is 3. The lowest BCUT2D eigenvalue weighted by Crippen LogP contribution is -2.31. The number of ether oxygens (including phenoxy) is 2. The van der Waals surface area contributed by atoms with Crippen molar-refractivity contribution in [1.82, 2.24) is 9.55 Å². The van der Waals surface area contributed by atoms with Gasteiger partial charge in [0.25, 0.3) is 5.56 Å². The smallest absolute Gasteiger partial charge is 0.312 e. The lowest BCUT2D eigenvalue weighted by Gasteiger charge is -2.19. The van der Waals surface area contributed by atoms with Gasteiger partial charge in [-0.15, -0.1) is 0 Å². The summed E-state index contributed by atoms with van der Waals surface area (Å²) in [6.07, 6.45) is 1.01. The van der Waals surface area contributed by atoms with Crippen molar-refractivity contribution < 1.29 is 23.9 Å². The van der Waals surface area contributed by atoms with Gasteiger partial charge in [-0.25, -0.2) is 4.98 Å². The number of hydrogen-bond acceptors (Lipinski definition) is 7. The number of aryl methyl sites for hydroxylation is 1. The fourth-order valence-electron chi connectivity index (χ4n) is 2.96. The maximum absolute atomic E-state index is 13.0. The number of rotatable bonds is 4. The van der Waals surface area contributed by atoms with E-state index in [-0.39, 0.29) is 30.3 Å². The van der Waals surface area contributed by atoms with Crippen LogP contribution in [0.3, 0.4) is 0 Å². The van der Waals surface area contributed by atoms with Gasteiger partial charge < -0.3 is 9.47 Å². The molecule has 1 aliphatic rings. The van der Waals surface area contributed by atoms with Crippen LogP contribution in [0, 0.1) is 5.41 Å². The molecule has 3 rings (SSSR count). The van der Waals surface area contributed by atoms with Crippen LogP contribution in [0.2, 0.25) is 0 Å². The Kier molecular flexibility index (Phi) is 5.06. The average molecular weight is 386 g/mol. The molecule has 1 aliphatic carbocycles. The van der Waals surface area contributed by atoms with E-state index in [1.165, 1.54) is 6.92 Å². The molecule has 0 aliphatic heterocycles. The van der Waals surface area contributed by atoms with Crippen LogP contribution < -0.4 is 5.56 Å². The molecule has 8 heteroatoms. The number of aromatic nitrogens is 2. The van der Waals surface area contributed by atoms with Gasteiger partial charge in [0.05, 0.1) is 16.3 Å². The van der Waals surface area contributed by atoms with Crippen LogP contribution >= 0.6 is 0 Å². The summed E-state index contributed by atoms with van der Waals surface area (Å²) in [5, 5.41) is 0.257. The zero-order valence-corrected chi connectivity index (χ0v) is 16.3. The minimum Gasteiger partial charge on any atom is -0.458 e. The fourth-order valence-corrected chi connectivity index (χ4v) is 2.96. The number of Topliss-reactive ketones (excluding diaryl/α,β-unsaturated/α-hetero) is 1. The molecule has 0 saturated heterocycles. The number of nitrogens with zero attached hydrogens (tertiary/aromatic N) is 2. The van der Waals surface area contributed by atoms with E-state index in [1.54, 1.807) is 32.9 Å². The number of benzene rings is 1. The minimum atomic E-state index is -0.739. The third-order valence-electron chi connectivity index (χ3n) is 4.52. The summed E-state index contributed by atoms with van der Waals surface area (Å²) >= 11 is 0. The molecule has 0 spiro atoms. The minimum absolute atomic E-state index is 0.00833. The van der Waals surface area contributed by atoms with Crippen molar-refractivity contribution >= 4 is 28.6 Å². The third-order valence-corrected chi connectivity index (χ3v) is 4.52. The van der Waals surface area contributed by atoms with Crippen molar-refractivity contribution in [2.75, 3.05) is 0 Å². The quantitative estimate of drug-likeness (QED) is 0.741. The predicted molar refractivity (Wildman–Crippen MR) is 99.7 cm³/mol. The van der Waals surface area contributed by atoms with Gasteiger partial charge in [-0.05, 0) is 44.9 Å². The maximum Gasteiger partial charge on any atom is 0.312 e. The Labute approximate surface area is 161 Å². The molecule has 8 nitrogen and oxygen atoms in total. The van der Waals surface area contributed by atoms with E-state index < -0.39 is 22.9 Å². The Morgan fingerprint density at radius 2 is 1.86 bits per heavy atom. The molecule has 0 atom stereocenters. The SMILES string of the molecule is CC(=O)OCc1nc2cc3c(cc2c(=O)n1COC(=O)C(C)(C)C)C(=O)CC3. The van der Waals surface area contributed by atoms with Crippen molar-refractivity contribution in [1.29, 1.82) is 0 Å². The van der Waals surface area contributed by atoms with Crippen molar-refractivity contribution in [2.45, 2.75) is 53.9 Å².